The van der Waals surface area contributed by atoms with E-state index >= 15 is 0 Å². The number of rotatable bonds is 25. The standard InChI is InChI=1S/C52H72N10O10/c1-11-31(3)37(49(69)71-51(5,6)7)61-47(67)41-39(55-29-57-41)45(65)59-35(27-33-21-15-13-16-22-33)43(63)53-25-19-20-26-54-44(64)36(28-34-23-17-14-18-24-34)60-46(66)40-42(58-30-56-40)48(68)62-38(32(4)12-2)50(70)72-52(8,9)10/h13-18,21-24,29-32,35-38H,11-12,19-20,25-28H2,1-10H3,(H,53,63)(H,54,64)(H,55,57)(H,56,58)(H,59,65)(H,60,66)(H,61,67)(H,62,68)/t31-,32-,35-,36+,37-,38-/m0/s1. The molecule has 2 heterocycles. The predicted molar refractivity (Wildman–Crippen MR) is 268 cm³/mol. The Kier molecular flexibility index (Phi) is 21.2. The van der Waals surface area contributed by atoms with Crippen molar-refractivity contribution in [3.05, 3.63) is 107 Å². The van der Waals surface area contributed by atoms with E-state index in [-0.39, 0.29) is 60.5 Å². The third kappa shape index (κ3) is 17.8. The molecule has 0 saturated heterocycles. The molecule has 8 N–H and O–H groups in total. The molecule has 20 nitrogen and oxygen atoms in total. The summed E-state index contributed by atoms with van der Waals surface area (Å²) in [6, 6.07) is 13.9. The van der Waals surface area contributed by atoms with Crippen LogP contribution in [0.15, 0.2) is 73.3 Å². The quantitative estimate of drug-likeness (QED) is 0.0337. The number of esters is 2. The van der Waals surface area contributed by atoms with Crippen molar-refractivity contribution in [3.63, 3.8) is 0 Å². The molecule has 0 bridgehead atoms. The summed E-state index contributed by atoms with van der Waals surface area (Å²) < 4.78 is 11.1. The molecule has 0 saturated carbocycles. The second-order valence-corrected chi connectivity index (χ2v) is 19.7. The molecule has 0 aliphatic rings. The molecule has 6 atom stereocenters. The molecule has 390 valence electrons. The van der Waals surface area contributed by atoms with Crippen LogP contribution in [0.1, 0.15) is 148 Å². The number of hydrogen-bond donors (Lipinski definition) is 8. The molecule has 72 heavy (non-hydrogen) atoms. The maximum absolute atomic E-state index is 13.7. The first-order valence-electron chi connectivity index (χ1n) is 24.4. The largest absolute Gasteiger partial charge is 0.458 e. The summed E-state index contributed by atoms with van der Waals surface area (Å²) in [7, 11) is 0. The van der Waals surface area contributed by atoms with E-state index in [4.69, 9.17) is 9.47 Å². The average Bonchev–Trinajstić information content (AvgIpc) is 4.04. The van der Waals surface area contributed by atoms with Gasteiger partial charge in [0.1, 0.15) is 46.8 Å². The maximum atomic E-state index is 13.7. The van der Waals surface area contributed by atoms with E-state index in [1.54, 1.807) is 79.7 Å². The summed E-state index contributed by atoms with van der Waals surface area (Å²) in [5, 5.41) is 16.5. The van der Waals surface area contributed by atoms with Crippen LogP contribution < -0.4 is 31.9 Å². The fraction of sp³-hybridized carbons (Fsp3) is 0.500. The molecule has 4 rings (SSSR count). The summed E-state index contributed by atoms with van der Waals surface area (Å²) in [5.74, 6) is -5.93. The molecule has 0 fully saturated rings. The van der Waals surface area contributed by atoms with E-state index in [0.717, 1.165) is 11.1 Å². The smallest absolute Gasteiger partial charge is 0.329 e. The first kappa shape index (κ1) is 57.2. The van der Waals surface area contributed by atoms with Gasteiger partial charge >= 0.3 is 11.9 Å². The molecule has 2 aromatic carbocycles. The minimum Gasteiger partial charge on any atom is -0.458 e. The van der Waals surface area contributed by atoms with E-state index in [1.165, 1.54) is 12.7 Å². The SMILES string of the molecule is CC[C@H](C)[C@H](NC(=O)c1[nH]cnc1C(=O)N[C@@H](Cc1ccccc1)C(=O)NCCCCNC(=O)[C@@H](Cc1ccccc1)NC(=O)c1nc[nH]c1C(=O)N[C@H](C(=O)OC(C)(C)C)[C@@H](C)CC)C(=O)OC(C)(C)C. The van der Waals surface area contributed by atoms with Crippen molar-refractivity contribution in [2.45, 2.75) is 143 Å². The van der Waals surface area contributed by atoms with Gasteiger partial charge in [0, 0.05) is 25.9 Å². The Morgan fingerprint density at radius 1 is 0.528 bits per heavy atom. The van der Waals surface area contributed by atoms with Gasteiger partial charge in [-0.1, -0.05) is 101 Å². The number of nitrogens with zero attached hydrogens (tertiary/aromatic N) is 2. The lowest BCUT2D eigenvalue weighted by Gasteiger charge is -2.27. The number of carbonyl (C=O) groups is 8. The Morgan fingerprint density at radius 3 is 1.19 bits per heavy atom. The van der Waals surface area contributed by atoms with Crippen LogP contribution in [-0.2, 0) is 41.5 Å². The fourth-order valence-electron chi connectivity index (χ4n) is 7.27. The molecule has 0 spiro atoms. The van der Waals surface area contributed by atoms with Crippen LogP contribution in [0.3, 0.4) is 0 Å². The van der Waals surface area contributed by atoms with Gasteiger partial charge in [-0.25, -0.2) is 19.6 Å². The van der Waals surface area contributed by atoms with Crippen molar-refractivity contribution in [3.8, 4) is 0 Å². The predicted octanol–water partition coefficient (Wildman–Crippen LogP) is 4.50. The minimum atomic E-state index is -1.09. The Balaban J connectivity index is 1.38. The van der Waals surface area contributed by atoms with Crippen LogP contribution in [0, 0.1) is 11.8 Å². The number of amides is 6. The maximum Gasteiger partial charge on any atom is 0.329 e. The molecule has 0 aliphatic carbocycles. The summed E-state index contributed by atoms with van der Waals surface area (Å²) in [5.41, 5.74) is -1.03. The lowest BCUT2D eigenvalue weighted by molar-refractivity contribution is -0.159. The highest BCUT2D eigenvalue weighted by atomic mass is 16.6. The number of imidazole rings is 2. The summed E-state index contributed by atoms with van der Waals surface area (Å²) >= 11 is 0. The van der Waals surface area contributed by atoms with Gasteiger partial charge in [-0.2, -0.15) is 0 Å². The van der Waals surface area contributed by atoms with Gasteiger partial charge in [0.15, 0.2) is 11.4 Å². The highest BCUT2D eigenvalue weighted by molar-refractivity contribution is 6.07. The van der Waals surface area contributed by atoms with E-state index < -0.39 is 82.8 Å². The second-order valence-electron chi connectivity index (χ2n) is 19.7. The number of carbonyl (C=O) groups excluding carboxylic acids is 8. The van der Waals surface area contributed by atoms with Crippen LogP contribution in [0.25, 0.3) is 0 Å². The zero-order valence-electron chi connectivity index (χ0n) is 43.0. The van der Waals surface area contributed by atoms with Gasteiger partial charge in [-0.3, -0.25) is 28.8 Å². The fourth-order valence-corrected chi connectivity index (χ4v) is 7.27. The van der Waals surface area contributed by atoms with Crippen molar-refractivity contribution >= 4 is 47.4 Å². The van der Waals surface area contributed by atoms with Crippen LogP contribution in [0.4, 0.5) is 0 Å². The average molecular weight is 997 g/mol. The van der Waals surface area contributed by atoms with Gasteiger partial charge in [0.05, 0.1) is 12.7 Å². The highest BCUT2D eigenvalue weighted by Gasteiger charge is 2.35. The molecular weight excluding hydrogens is 925 g/mol. The lowest BCUT2D eigenvalue weighted by Crippen LogP contribution is -2.50. The van der Waals surface area contributed by atoms with Crippen LogP contribution >= 0.6 is 0 Å². The van der Waals surface area contributed by atoms with Crippen molar-refractivity contribution in [1.82, 2.24) is 51.8 Å². The van der Waals surface area contributed by atoms with Gasteiger partial charge in [-0.05, 0) is 77.3 Å². The third-order valence-electron chi connectivity index (χ3n) is 11.5. The monoisotopic (exact) mass is 997 g/mol. The zero-order valence-corrected chi connectivity index (χ0v) is 43.0. The number of unbranched alkanes of at least 4 members (excludes halogenated alkanes) is 1. The topological polar surface area (TPSA) is 285 Å². The summed E-state index contributed by atoms with van der Waals surface area (Å²) in [4.78, 5) is 122. The number of aromatic amines is 2. The number of hydrogen-bond acceptors (Lipinski definition) is 12. The second kappa shape index (κ2) is 26.7. The van der Waals surface area contributed by atoms with E-state index in [0.29, 0.717) is 25.7 Å². The molecule has 2 aromatic heterocycles. The third-order valence-corrected chi connectivity index (χ3v) is 11.5. The summed E-state index contributed by atoms with van der Waals surface area (Å²) in [6.45, 7) is 18.0. The molecule has 0 aliphatic heterocycles. The number of H-pyrrole nitrogens is 2. The Bertz CT molecular complexity index is 2290. The molecule has 0 radical (unpaired) electrons. The summed E-state index contributed by atoms with van der Waals surface area (Å²) in [6.07, 6.45) is 4.51. The highest BCUT2D eigenvalue weighted by Crippen LogP contribution is 2.18. The molecule has 4 aromatic rings. The van der Waals surface area contributed by atoms with Crippen LogP contribution in [0.5, 0.6) is 0 Å². The van der Waals surface area contributed by atoms with Crippen LogP contribution in [-0.4, -0.2) is 116 Å². The first-order valence-corrected chi connectivity index (χ1v) is 24.4. The number of ether oxygens (including phenoxy) is 2. The van der Waals surface area contributed by atoms with Gasteiger partial charge in [0.2, 0.25) is 11.8 Å². The van der Waals surface area contributed by atoms with Crippen molar-refractivity contribution in [2.24, 2.45) is 11.8 Å². The molecular formula is C52H72N10O10. The van der Waals surface area contributed by atoms with Gasteiger partial charge in [0.25, 0.3) is 23.6 Å². The Hall–Kier alpha value is -7.38. The van der Waals surface area contributed by atoms with Gasteiger partial charge in [-0.15, -0.1) is 0 Å². The van der Waals surface area contributed by atoms with E-state index in [9.17, 15) is 38.4 Å². The van der Waals surface area contributed by atoms with E-state index in [2.05, 4.69) is 51.8 Å². The minimum absolute atomic E-state index is 0.110. The Labute approximate surface area is 421 Å². The number of benzene rings is 2. The van der Waals surface area contributed by atoms with Crippen molar-refractivity contribution < 1.29 is 47.8 Å². The van der Waals surface area contributed by atoms with E-state index in [1.807, 2.05) is 50.2 Å². The van der Waals surface area contributed by atoms with Crippen molar-refractivity contribution in [2.75, 3.05) is 13.1 Å². The number of nitrogens with one attached hydrogen (secondary N) is 8. The number of aromatic nitrogens is 4. The van der Waals surface area contributed by atoms with Crippen molar-refractivity contribution in [1.29, 1.82) is 0 Å². The van der Waals surface area contributed by atoms with Crippen LogP contribution in [0.2, 0.25) is 0 Å². The zero-order chi connectivity index (χ0) is 53.2. The Morgan fingerprint density at radius 2 is 0.875 bits per heavy atom. The normalized spacial score (nSPS) is 14.0. The lowest BCUT2D eigenvalue weighted by atomic mass is 9.98. The molecule has 0 unspecified atom stereocenters. The first-order chi connectivity index (χ1) is 34.0. The van der Waals surface area contributed by atoms with Gasteiger partial charge < -0.3 is 51.3 Å². The molecule has 20 heteroatoms. The molecule has 6 amide bonds.